The lowest BCUT2D eigenvalue weighted by molar-refractivity contribution is 0.328. The van der Waals surface area contributed by atoms with Crippen molar-refractivity contribution in [2.45, 2.75) is 59.3 Å². The van der Waals surface area contributed by atoms with Gasteiger partial charge in [-0.2, -0.15) is 0 Å². The number of benzene rings is 1. The summed E-state index contributed by atoms with van der Waals surface area (Å²) in [6.07, 6.45) is 7.48. The normalized spacial score (nSPS) is 9.41. The monoisotopic (exact) mass is 346 g/mol. The first-order valence-electron chi connectivity index (χ1n) is 7.84. The Morgan fingerprint density at radius 1 is 0.864 bits per heavy atom. The van der Waals surface area contributed by atoms with Crippen molar-refractivity contribution >= 4 is 17.4 Å². The van der Waals surface area contributed by atoms with Crippen molar-refractivity contribution in [2.24, 2.45) is 0 Å². The Morgan fingerprint density at radius 2 is 1.45 bits per heavy atom. The second-order valence-corrected chi connectivity index (χ2v) is 4.89. The van der Waals surface area contributed by atoms with Crippen LogP contribution in [0.3, 0.4) is 0 Å². The minimum absolute atomic E-state index is 0.180. The largest absolute Gasteiger partial charge is 0.408 e. The molecule has 1 aromatic carbocycles. The van der Waals surface area contributed by atoms with Crippen molar-refractivity contribution in [1.82, 2.24) is 0 Å². The van der Waals surface area contributed by atoms with Crippen LogP contribution >= 0.6 is 17.4 Å². The van der Waals surface area contributed by atoms with Crippen LogP contribution in [0.1, 0.15) is 59.3 Å². The smallest absolute Gasteiger partial charge is 0.395 e. The first kappa shape index (κ1) is 23.4. The first-order chi connectivity index (χ1) is 10.8. The standard InChI is InChI=1S/C8H17O2P.C6H5O2P.C2H6/c1-2-3-4-5-6-7-8-10-11-9;7-9-8-6-4-2-1-3-5-6;1-2/h2-8H2,1H3;1-5H;1-2H3. The van der Waals surface area contributed by atoms with Gasteiger partial charge in [-0.3, -0.25) is 4.52 Å². The molecule has 126 valence electrons. The molecule has 0 fully saturated rings. The lowest BCUT2D eigenvalue weighted by Crippen LogP contribution is -1.84. The average molecular weight is 346 g/mol. The van der Waals surface area contributed by atoms with Crippen LogP contribution in [0.5, 0.6) is 5.75 Å². The van der Waals surface area contributed by atoms with E-state index in [-0.39, 0.29) is 17.4 Å². The third-order valence-corrected chi connectivity index (χ3v) is 3.10. The maximum atomic E-state index is 9.85. The maximum Gasteiger partial charge on any atom is 0.395 e. The van der Waals surface area contributed by atoms with Crippen LogP contribution in [0.2, 0.25) is 0 Å². The van der Waals surface area contributed by atoms with Gasteiger partial charge in [0.15, 0.2) is 0 Å². The average Bonchev–Trinajstić information content (AvgIpc) is 2.58. The zero-order valence-electron chi connectivity index (χ0n) is 13.9. The van der Waals surface area contributed by atoms with Crippen molar-refractivity contribution in [1.29, 1.82) is 0 Å². The molecule has 4 nitrogen and oxygen atoms in total. The third-order valence-electron chi connectivity index (χ3n) is 2.53. The minimum Gasteiger partial charge on any atom is -0.408 e. The van der Waals surface area contributed by atoms with Crippen LogP contribution < -0.4 is 4.52 Å². The number of para-hydroxylation sites is 1. The second-order valence-electron chi connectivity index (χ2n) is 4.15. The van der Waals surface area contributed by atoms with E-state index in [2.05, 4.69) is 16.0 Å². The zero-order valence-corrected chi connectivity index (χ0v) is 15.7. The molecule has 0 bridgehead atoms. The summed E-state index contributed by atoms with van der Waals surface area (Å²) in [5, 5.41) is 0. The van der Waals surface area contributed by atoms with Gasteiger partial charge in [0.25, 0.3) is 0 Å². The van der Waals surface area contributed by atoms with Crippen molar-refractivity contribution < 1.29 is 18.2 Å². The molecule has 0 aliphatic carbocycles. The highest BCUT2D eigenvalue weighted by atomic mass is 31.1. The Morgan fingerprint density at radius 3 is 2.00 bits per heavy atom. The Hall–Kier alpha value is -0.820. The van der Waals surface area contributed by atoms with Gasteiger partial charge in [0.05, 0.1) is 6.61 Å². The molecule has 0 unspecified atom stereocenters. The topological polar surface area (TPSA) is 52.6 Å². The lowest BCUT2D eigenvalue weighted by atomic mass is 10.1. The van der Waals surface area contributed by atoms with Crippen molar-refractivity contribution in [3.8, 4) is 5.75 Å². The Bertz CT molecular complexity index is 334. The molecular weight excluding hydrogens is 318 g/mol. The molecule has 0 aromatic heterocycles. The summed E-state index contributed by atoms with van der Waals surface area (Å²) in [6.45, 7) is 6.84. The highest BCUT2D eigenvalue weighted by molar-refractivity contribution is 7.17. The van der Waals surface area contributed by atoms with E-state index < -0.39 is 0 Å². The van der Waals surface area contributed by atoms with Crippen LogP contribution in [0.25, 0.3) is 0 Å². The molecule has 0 aliphatic rings. The van der Waals surface area contributed by atoms with E-state index >= 15 is 0 Å². The van der Waals surface area contributed by atoms with Gasteiger partial charge in [-0.25, -0.2) is 9.13 Å². The fourth-order valence-electron chi connectivity index (χ4n) is 1.51. The summed E-state index contributed by atoms with van der Waals surface area (Å²) in [4.78, 5) is 0. The minimum atomic E-state index is -0.305. The van der Waals surface area contributed by atoms with Gasteiger partial charge in [-0.05, 0) is 18.6 Å². The van der Waals surface area contributed by atoms with Gasteiger partial charge in [0.2, 0.25) is 0 Å². The molecule has 22 heavy (non-hydrogen) atoms. The molecule has 0 amide bonds. The molecule has 0 saturated carbocycles. The Kier molecular flexibility index (Phi) is 23.9. The van der Waals surface area contributed by atoms with Crippen molar-refractivity contribution in [3.63, 3.8) is 0 Å². The summed E-state index contributed by atoms with van der Waals surface area (Å²) < 4.78 is 28.9. The van der Waals surface area contributed by atoms with Gasteiger partial charge < -0.3 is 4.52 Å². The third kappa shape index (κ3) is 19.2. The number of hydrogen-bond donors (Lipinski definition) is 0. The molecule has 1 rings (SSSR count). The molecule has 0 heterocycles. The summed E-state index contributed by atoms with van der Waals surface area (Å²) in [5.74, 6) is 0.620. The molecule has 0 saturated heterocycles. The first-order valence-corrected chi connectivity index (χ1v) is 9.30. The van der Waals surface area contributed by atoms with Gasteiger partial charge in [0.1, 0.15) is 5.75 Å². The zero-order chi connectivity index (χ0) is 16.9. The van der Waals surface area contributed by atoms with Gasteiger partial charge in [-0.15, -0.1) is 0 Å². The number of hydrogen-bond acceptors (Lipinski definition) is 4. The van der Waals surface area contributed by atoms with Gasteiger partial charge in [-0.1, -0.05) is 71.1 Å². The van der Waals surface area contributed by atoms with Crippen LogP contribution in [-0.4, -0.2) is 6.61 Å². The fraction of sp³-hybridized carbons (Fsp3) is 0.625. The highest BCUT2D eigenvalue weighted by Crippen LogP contribution is 2.12. The molecular formula is C16H28O4P2. The quantitative estimate of drug-likeness (QED) is 0.343. The summed E-state index contributed by atoms with van der Waals surface area (Å²) in [5.41, 5.74) is 0. The summed E-state index contributed by atoms with van der Waals surface area (Å²) >= 11 is 0. The maximum absolute atomic E-state index is 9.85. The number of unbranched alkanes of at least 4 members (excludes halogenated alkanes) is 5. The fourth-order valence-corrected chi connectivity index (χ4v) is 1.92. The van der Waals surface area contributed by atoms with Crippen LogP contribution in [0.15, 0.2) is 30.3 Å². The van der Waals surface area contributed by atoms with Crippen molar-refractivity contribution in [2.75, 3.05) is 6.61 Å². The van der Waals surface area contributed by atoms with E-state index in [4.69, 9.17) is 0 Å². The molecule has 0 aliphatic heterocycles. The van der Waals surface area contributed by atoms with E-state index in [1.807, 2.05) is 32.0 Å². The van der Waals surface area contributed by atoms with Crippen LogP contribution in [0, 0.1) is 0 Å². The van der Waals surface area contributed by atoms with E-state index in [1.165, 1.54) is 32.1 Å². The predicted octanol–water partition coefficient (Wildman–Crippen LogP) is 6.87. The Balaban J connectivity index is 0. The molecule has 0 radical (unpaired) electrons. The van der Waals surface area contributed by atoms with Crippen LogP contribution in [-0.2, 0) is 13.7 Å². The molecule has 0 atom stereocenters. The number of rotatable bonds is 10. The van der Waals surface area contributed by atoms with Gasteiger partial charge in [0, 0.05) is 0 Å². The molecule has 1 aromatic rings. The van der Waals surface area contributed by atoms with Crippen LogP contribution in [0.4, 0.5) is 0 Å². The van der Waals surface area contributed by atoms with E-state index in [0.717, 1.165) is 6.42 Å². The molecule has 0 spiro atoms. The highest BCUT2D eigenvalue weighted by Gasteiger charge is 1.89. The molecule has 6 heteroatoms. The summed E-state index contributed by atoms with van der Waals surface area (Å²) in [6, 6.07) is 8.99. The van der Waals surface area contributed by atoms with Crippen molar-refractivity contribution in [3.05, 3.63) is 30.3 Å². The second kappa shape index (κ2) is 22.5. The summed E-state index contributed by atoms with van der Waals surface area (Å²) in [7, 11) is -0.485. The molecule has 0 N–H and O–H groups in total. The predicted molar refractivity (Wildman–Crippen MR) is 93.0 cm³/mol. The SMILES string of the molecule is CC.CCCCCCCCOP=O.O=POc1ccccc1. The Labute approximate surface area is 138 Å². The van der Waals surface area contributed by atoms with E-state index in [0.29, 0.717) is 12.4 Å². The van der Waals surface area contributed by atoms with Gasteiger partial charge >= 0.3 is 17.4 Å². The lowest BCUT2D eigenvalue weighted by Gasteiger charge is -1.97. The van der Waals surface area contributed by atoms with E-state index in [9.17, 15) is 9.13 Å². The van der Waals surface area contributed by atoms with E-state index in [1.54, 1.807) is 12.1 Å².